The minimum Gasteiger partial charge on any atom is -0.480 e. The van der Waals surface area contributed by atoms with Crippen LogP contribution in [0.1, 0.15) is 16.8 Å². The normalized spacial score (nSPS) is 12.2. The number of thiazole rings is 1. The zero-order valence-electron chi connectivity index (χ0n) is 10.8. The number of aromatic nitrogens is 1. The van der Waals surface area contributed by atoms with Gasteiger partial charge in [0, 0.05) is 5.56 Å². The Bertz CT molecular complexity index is 627. The Morgan fingerprint density at radius 2 is 2.30 bits per heavy atom. The number of carbonyl (C=O) groups excluding carboxylic acids is 1. The molecule has 20 heavy (non-hydrogen) atoms. The Balaban J connectivity index is 2.10. The molecule has 0 spiro atoms. The largest absolute Gasteiger partial charge is 0.480 e. The van der Waals surface area contributed by atoms with E-state index in [4.69, 9.17) is 5.11 Å². The lowest BCUT2D eigenvalue weighted by Gasteiger charge is -2.13. The summed E-state index contributed by atoms with van der Waals surface area (Å²) in [5, 5.41) is 11.7. The van der Waals surface area contributed by atoms with Gasteiger partial charge in [-0.2, -0.15) is 11.8 Å². The van der Waals surface area contributed by atoms with Gasteiger partial charge in [0.2, 0.25) is 0 Å². The predicted octanol–water partition coefficient (Wildman–Crippen LogP) is 2.23. The molecule has 1 unspecified atom stereocenters. The van der Waals surface area contributed by atoms with Crippen molar-refractivity contribution >= 4 is 45.2 Å². The number of hydrogen-bond donors (Lipinski definition) is 2. The van der Waals surface area contributed by atoms with E-state index in [-0.39, 0.29) is 5.91 Å². The molecule has 0 aliphatic heterocycles. The number of carboxylic acids is 1. The highest BCUT2D eigenvalue weighted by atomic mass is 32.2. The Morgan fingerprint density at radius 3 is 3.00 bits per heavy atom. The topological polar surface area (TPSA) is 79.3 Å². The summed E-state index contributed by atoms with van der Waals surface area (Å²) in [6, 6.07) is 4.30. The van der Waals surface area contributed by atoms with Crippen molar-refractivity contribution in [2.24, 2.45) is 0 Å². The van der Waals surface area contributed by atoms with Crippen molar-refractivity contribution in [2.75, 3.05) is 12.0 Å². The number of carboxylic acid groups (broad SMARTS) is 1. The second kappa shape index (κ2) is 6.71. The van der Waals surface area contributed by atoms with Crippen LogP contribution in [0, 0.1) is 0 Å². The Morgan fingerprint density at radius 1 is 1.50 bits per heavy atom. The molecule has 0 aliphatic rings. The maximum Gasteiger partial charge on any atom is 0.326 e. The fourth-order valence-electron chi connectivity index (χ4n) is 1.73. The molecule has 0 saturated carbocycles. The van der Waals surface area contributed by atoms with Gasteiger partial charge in [-0.05, 0) is 36.6 Å². The zero-order chi connectivity index (χ0) is 14.5. The van der Waals surface area contributed by atoms with Gasteiger partial charge in [-0.15, -0.1) is 11.3 Å². The average Bonchev–Trinajstić information content (AvgIpc) is 2.90. The highest BCUT2D eigenvalue weighted by Crippen LogP contribution is 2.19. The first-order valence-corrected chi connectivity index (χ1v) is 8.25. The summed E-state index contributed by atoms with van der Waals surface area (Å²) < 4.78 is 0.911. The van der Waals surface area contributed by atoms with Gasteiger partial charge >= 0.3 is 5.97 Å². The third kappa shape index (κ3) is 3.49. The van der Waals surface area contributed by atoms with Crippen molar-refractivity contribution in [3.63, 3.8) is 0 Å². The monoisotopic (exact) mass is 310 g/mol. The molecule has 1 atom stereocenters. The number of hydrogen-bond acceptors (Lipinski definition) is 5. The Labute approximate surface area is 124 Å². The number of fused-ring (bicyclic) bond motifs is 1. The average molecular weight is 310 g/mol. The number of thioether (sulfide) groups is 1. The molecule has 7 heteroatoms. The van der Waals surface area contributed by atoms with Gasteiger partial charge in [0.25, 0.3) is 5.91 Å². The van der Waals surface area contributed by atoms with Crippen LogP contribution in [0.25, 0.3) is 10.2 Å². The van der Waals surface area contributed by atoms with Gasteiger partial charge in [0.05, 0.1) is 15.7 Å². The lowest BCUT2D eigenvalue weighted by atomic mass is 10.1. The summed E-state index contributed by atoms with van der Waals surface area (Å²) in [7, 11) is 0. The second-order valence-corrected chi connectivity index (χ2v) is 6.05. The van der Waals surface area contributed by atoms with Crippen LogP contribution in [0.3, 0.4) is 0 Å². The molecule has 1 amide bonds. The molecule has 2 rings (SSSR count). The molecule has 106 valence electrons. The van der Waals surface area contributed by atoms with Crippen LogP contribution in [-0.4, -0.2) is 40.0 Å². The van der Waals surface area contributed by atoms with Crippen molar-refractivity contribution in [1.29, 1.82) is 0 Å². The number of benzene rings is 1. The molecule has 2 N–H and O–H groups in total. The molecule has 1 heterocycles. The van der Waals surface area contributed by atoms with E-state index in [1.54, 1.807) is 35.5 Å². The lowest BCUT2D eigenvalue weighted by Crippen LogP contribution is -2.41. The van der Waals surface area contributed by atoms with E-state index in [2.05, 4.69) is 10.3 Å². The molecule has 2 aromatic rings. The van der Waals surface area contributed by atoms with Crippen molar-refractivity contribution in [1.82, 2.24) is 10.3 Å². The lowest BCUT2D eigenvalue weighted by molar-refractivity contribution is -0.139. The van der Waals surface area contributed by atoms with Gasteiger partial charge < -0.3 is 10.4 Å². The van der Waals surface area contributed by atoms with E-state index in [1.807, 2.05) is 6.26 Å². The molecule has 0 aliphatic carbocycles. The maximum atomic E-state index is 12.1. The molecule has 0 saturated heterocycles. The maximum absolute atomic E-state index is 12.1. The van der Waals surface area contributed by atoms with Gasteiger partial charge in [0.15, 0.2) is 0 Å². The quantitative estimate of drug-likeness (QED) is 0.855. The van der Waals surface area contributed by atoms with Crippen LogP contribution in [0.4, 0.5) is 0 Å². The van der Waals surface area contributed by atoms with Gasteiger partial charge in [-0.3, -0.25) is 4.79 Å². The van der Waals surface area contributed by atoms with Crippen molar-refractivity contribution in [3.8, 4) is 0 Å². The SMILES string of the molecule is CSCCC(NC(=O)c1ccc2ncsc2c1)C(=O)O. The van der Waals surface area contributed by atoms with Crippen LogP contribution < -0.4 is 5.32 Å². The van der Waals surface area contributed by atoms with E-state index < -0.39 is 12.0 Å². The molecule has 1 aromatic carbocycles. The molecule has 1 aromatic heterocycles. The minimum atomic E-state index is -1.01. The van der Waals surface area contributed by atoms with Crippen LogP contribution in [-0.2, 0) is 4.79 Å². The number of aliphatic carboxylic acids is 1. The molecular formula is C13H14N2O3S2. The third-order valence-electron chi connectivity index (χ3n) is 2.81. The summed E-state index contributed by atoms with van der Waals surface area (Å²) in [4.78, 5) is 27.3. The number of carbonyl (C=O) groups is 2. The van der Waals surface area contributed by atoms with E-state index in [0.29, 0.717) is 17.7 Å². The second-order valence-electron chi connectivity index (χ2n) is 4.18. The van der Waals surface area contributed by atoms with E-state index in [9.17, 15) is 9.59 Å². The highest BCUT2D eigenvalue weighted by molar-refractivity contribution is 7.98. The van der Waals surface area contributed by atoms with E-state index in [1.165, 1.54) is 11.3 Å². The fraction of sp³-hybridized carbons (Fsp3) is 0.308. The Kier molecular flexibility index (Phi) is 4.97. The first-order valence-electron chi connectivity index (χ1n) is 5.97. The summed E-state index contributed by atoms with van der Waals surface area (Å²) in [6.45, 7) is 0. The highest BCUT2D eigenvalue weighted by Gasteiger charge is 2.20. The summed E-state index contributed by atoms with van der Waals surface area (Å²) in [5.74, 6) is -0.689. The fourth-order valence-corrected chi connectivity index (χ4v) is 2.92. The van der Waals surface area contributed by atoms with Gasteiger partial charge in [-0.1, -0.05) is 0 Å². The molecule has 0 radical (unpaired) electrons. The zero-order valence-corrected chi connectivity index (χ0v) is 12.5. The van der Waals surface area contributed by atoms with Crippen LogP contribution in [0.2, 0.25) is 0 Å². The van der Waals surface area contributed by atoms with E-state index in [0.717, 1.165) is 10.2 Å². The predicted molar refractivity (Wildman–Crippen MR) is 81.5 cm³/mol. The molecule has 0 bridgehead atoms. The smallest absolute Gasteiger partial charge is 0.326 e. The third-order valence-corrected chi connectivity index (χ3v) is 4.24. The first-order chi connectivity index (χ1) is 9.61. The summed E-state index contributed by atoms with van der Waals surface area (Å²) in [6.07, 6.45) is 2.31. The van der Waals surface area contributed by atoms with Crippen LogP contribution >= 0.6 is 23.1 Å². The molecule has 0 fully saturated rings. The van der Waals surface area contributed by atoms with Crippen molar-refractivity contribution in [2.45, 2.75) is 12.5 Å². The van der Waals surface area contributed by atoms with Crippen molar-refractivity contribution in [3.05, 3.63) is 29.3 Å². The number of rotatable bonds is 6. The minimum absolute atomic E-state index is 0.367. The Hall–Kier alpha value is -1.60. The molecule has 5 nitrogen and oxygen atoms in total. The first kappa shape index (κ1) is 14.8. The summed E-state index contributed by atoms with van der Waals surface area (Å²) in [5.41, 5.74) is 3.01. The number of nitrogens with zero attached hydrogens (tertiary/aromatic N) is 1. The van der Waals surface area contributed by atoms with Gasteiger partial charge in [-0.25, -0.2) is 9.78 Å². The molecular weight excluding hydrogens is 296 g/mol. The van der Waals surface area contributed by atoms with Crippen LogP contribution in [0.15, 0.2) is 23.7 Å². The summed E-state index contributed by atoms with van der Waals surface area (Å²) >= 11 is 3.00. The standard InChI is InChI=1S/C13H14N2O3S2/c1-19-5-4-10(13(17)18)15-12(16)8-2-3-9-11(6-8)20-7-14-9/h2-3,6-7,10H,4-5H2,1H3,(H,15,16)(H,17,18). The van der Waals surface area contributed by atoms with Crippen molar-refractivity contribution < 1.29 is 14.7 Å². The number of amides is 1. The van der Waals surface area contributed by atoms with Gasteiger partial charge in [0.1, 0.15) is 6.04 Å². The van der Waals surface area contributed by atoms with Crippen LogP contribution in [0.5, 0.6) is 0 Å². The van der Waals surface area contributed by atoms with E-state index >= 15 is 0 Å². The number of nitrogens with one attached hydrogen (secondary N) is 1.